The molecule has 1 heterocycles. The summed E-state index contributed by atoms with van der Waals surface area (Å²) >= 11 is 0. The van der Waals surface area contributed by atoms with E-state index in [-0.39, 0.29) is 11.8 Å². The lowest BCUT2D eigenvalue weighted by Gasteiger charge is -2.30. The lowest BCUT2D eigenvalue weighted by Crippen LogP contribution is -2.34. The minimum atomic E-state index is -0.0840. The summed E-state index contributed by atoms with van der Waals surface area (Å²) in [4.78, 5) is 30.0. The third-order valence-electron chi connectivity index (χ3n) is 6.46. The maximum atomic E-state index is 13.0. The Morgan fingerprint density at radius 2 is 1.62 bits per heavy atom. The van der Waals surface area contributed by atoms with Gasteiger partial charge in [-0.1, -0.05) is 62.9 Å². The van der Waals surface area contributed by atoms with Crippen LogP contribution in [0, 0.1) is 12.8 Å². The fraction of sp³-hybridized carbons (Fsp3) is 0.517. The van der Waals surface area contributed by atoms with Gasteiger partial charge in [-0.2, -0.15) is 0 Å². The van der Waals surface area contributed by atoms with Gasteiger partial charge in [0.25, 0.3) is 5.91 Å². The number of carbonyl (C=O) groups excluding carboxylic acids is 2. The zero-order chi connectivity index (χ0) is 24.5. The van der Waals surface area contributed by atoms with Crippen molar-refractivity contribution in [2.75, 3.05) is 24.5 Å². The highest BCUT2D eigenvalue weighted by molar-refractivity contribution is 5.97. The van der Waals surface area contributed by atoms with E-state index in [1.165, 1.54) is 24.8 Å². The molecule has 0 atom stereocenters. The normalized spacial score (nSPS) is 15.9. The van der Waals surface area contributed by atoms with Crippen LogP contribution in [0.2, 0.25) is 0 Å². The van der Waals surface area contributed by atoms with Crippen molar-refractivity contribution in [1.29, 1.82) is 0 Å². The molecule has 1 aliphatic heterocycles. The number of hydrogen-bond acceptors (Lipinski definition) is 3. The monoisotopic (exact) mass is 463 g/mol. The first-order valence-electron chi connectivity index (χ1n) is 12.8. The number of rotatable bonds is 5. The van der Waals surface area contributed by atoms with Crippen LogP contribution in [-0.4, -0.2) is 36.3 Å². The van der Waals surface area contributed by atoms with E-state index in [2.05, 4.69) is 43.1 Å². The van der Waals surface area contributed by atoms with Crippen molar-refractivity contribution in [3.8, 4) is 0 Å². The highest BCUT2D eigenvalue weighted by Gasteiger charge is 2.20. The van der Waals surface area contributed by atoms with Crippen LogP contribution in [0.4, 0.5) is 5.69 Å². The number of benzene rings is 2. The number of hydrogen-bond donors (Lipinski definition) is 1. The molecular formula is C29H41N3O2. The summed E-state index contributed by atoms with van der Waals surface area (Å²) in [6, 6.07) is 14.0. The largest absolute Gasteiger partial charge is 0.348 e. The van der Waals surface area contributed by atoms with Crippen molar-refractivity contribution in [2.24, 2.45) is 5.92 Å². The van der Waals surface area contributed by atoms with Gasteiger partial charge in [0.2, 0.25) is 5.91 Å². The van der Waals surface area contributed by atoms with Gasteiger partial charge in [-0.15, -0.1) is 0 Å². The first-order chi connectivity index (χ1) is 16.3. The Morgan fingerprint density at radius 1 is 0.941 bits per heavy atom. The zero-order valence-corrected chi connectivity index (χ0v) is 21.4. The number of fused-ring (bicyclic) bond motifs is 1. The van der Waals surface area contributed by atoms with Crippen LogP contribution in [0.3, 0.4) is 0 Å². The number of amides is 2. The van der Waals surface area contributed by atoms with Crippen LogP contribution in [-0.2, 0) is 17.9 Å². The molecule has 0 saturated carbocycles. The lowest BCUT2D eigenvalue weighted by atomic mass is 10.0. The molecule has 184 valence electrons. The van der Waals surface area contributed by atoms with E-state index in [0.717, 1.165) is 55.8 Å². The van der Waals surface area contributed by atoms with E-state index in [1.807, 2.05) is 35.2 Å². The number of anilines is 1. The number of aryl methyl sites for hydroxylation is 1. The average Bonchev–Trinajstić information content (AvgIpc) is 2.79. The van der Waals surface area contributed by atoms with Crippen LogP contribution < -0.4 is 10.2 Å². The fourth-order valence-electron chi connectivity index (χ4n) is 4.68. The Balaban J connectivity index is 1.87. The van der Waals surface area contributed by atoms with Gasteiger partial charge in [-0.05, 0) is 61.6 Å². The van der Waals surface area contributed by atoms with Crippen molar-refractivity contribution < 1.29 is 9.59 Å². The summed E-state index contributed by atoms with van der Waals surface area (Å²) in [7, 11) is 0. The molecule has 0 saturated heterocycles. The third kappa shape index (κ3) is 7.69. The number of nitrogens with zero attached hydrogens (tertiary/aromatic N) is 2. The van der Waals surface area contributed by atoms with Crippen molar-refractivity contribution in [3.05, 3.63) is 64.7 Å². The van der Waals surface area contributed by atoms with Crippen molar-refractivity contribution >= 4 is 17.5 Å². The third-order valence-corrected chi connectivity index (χ3v) is 6.46. The molecule has 34 heavy (non-hydrogen) atoms. The van der Waals surface area contributed by atoms with E-state index in [9.17, 15) is 9.59 Å². The summed E-state index contributed by atoms with van der Waals surface area (Å²) in [5.41, 5.74) is 4.93. The maximum absolute atomic E-state index is 13.0. The Hall–Kier alpha value is -2.66. The van der Waals surface area contributed by atoms with E-state index in [4.69, 9.17) is 0 Å². The first-order valence-corrected chi connectivity index (χ1v) is 12.8. The summed E-state index contributed by atoms with van der Waals surface area (Å²) in [5, 5.41) is 3.05. The van der Waals surface area contributed by atoms with Crippen molar-refractivity contribution in [1.82, 2.24) is 10.2 Å². The van der Waals surface area contributed by atoms with Crippen LogP contribution in [0.5, 0.6) is 0 Å². The van der Waals surface area contributed by atoms with Gasteiger partial charge in [0.05, 0.1) is 0 Å². The first kappa shape index (κ1) is 26.0. The Bertz CT molecular complexity index is 952. The van der Waals surface area contributed by atoms with Gasteiger partial charge in [-0.25, -0.2) is 0 Å². The van der Waals surface area contributed by atoms with Crippen molar-refractivity contribution in [3.63, 3.8) is 0 Å². The maximum Gasteiger partial charge on any atom is 0.251 e. The Morgan fingerprint density at radius 3 is 2.29 bits per heavy atom. The van der Waals surface area contributed by atoms with Crippen LogP contribution in [0.15, 0.2) is 42.5 Å². The van der Waals surface area contributed by atoms with Crippen molar-refractivity contribution in [2.45, 2.75) is 72.9 Å². The molecule has 0 bridgehead atoms. The van der Waals surface area contributed by atoms with Gasteiger partial charge in [0, 0.05) is 44.4 Å². The highest BCUT2D eigenvalue weighted by Crippen LogP contribution is 2.26. The molecule has 0 fully saturated rings. The molecule has 1 N–H and O–H groups in total. The summed E-state index contributed by atoms with van der Waals surface area (Å²) in [6.07, 6.45) is 5.78. The summed E-state index contributed by atoms with van der Waals surface area (Å²) in [5.74, 6) is 0.533. The Labute approximate surface area is 205 Å². The molecule has 0 aromatic heterocycles. The molecule has 2 amide bonds. The predicted molar refractivity (Wildman–Crippen MR) is 140 cm³/mol. The SMILES string of the molecule is CC(=O)N1CCCCCCCN(CC(C)C)Cc2cc(C(=O)NCc3ccc(C)cc3)ccc21. The second-order valence-electron chi connectivity index (χ2n) is 10.1. The van der Waals surface area contributed by atoms with Gasteiger partial charge < -0.3 is 10.2 Å². The fourth-order valence-corrected chi connectivity index (χ4v) is 4.68. The van der Waals surface area contributed by atoms with Gasteiger partial charge >= 0.3 is 0 Å². The molecule has 5 heteroatoms. The van der Waals surface area contributed by atoms with E-state index in [1.54, 1.807) is 6.92 Å². The average molecular weight is 464 g/mol. The van der Waals surface area contributed by atoms with Gasteiger partial charge in [0.1, 0.15) is 0 Å². The lowest BCUT2D eigenvalue weighted by molar-refractivity contribution is -0.116. The Kier molecular flexibility index (Phi) is 9.70. The second-order valence-corrected chi connectivity index (χ2v) is 10.1. The standard InChI is InChI=1S/C29H41N3O2/c1-22(2)20-31-16-8-6-5-7-9-17-32(24(4)33)28-15-14-26(18-27(28)21-31)29(34)30-19-25-12-10-23(3)11-13-25/h10-15,18,22H,5-9,16-17,19-21H2,1-4H3,(H,30,34). The topological polar surface area (TPSA) is 52.7 Å². The van der Waals surface area contributed by atoms with Crippen LogP contribution >= 0.6 is 0 Å². The van der Waals surface area contributed by atoms with E-state index < -0.39 is 0 Å². The highest BCUT2D eigenvalue weighted by atomic mass is 16.2. The summed E-state index contributed by atoms with van der Waals surface area (Å²) < 4.78 is 0. The predicted octanol–water partition coefficient (Wildman–Crippen LogP) is 5.70. The van der Waals surface area contributed by atoms with Crippen LogP contribution in [0.25, 0.3) is 0 Å². The molecule has 3 rings (SSSR count). The quantitative estimate of drug-likeness (QED) is 0.619. The molecule has 1 aliphatic rings. The molecule has 2 aromatic carbocycles. The van der Waals surface area contributed by atoms with Crippen LogP contribution in [0.1, 0.15) is 79.9 Å². The smallest absolute Gasteiger partial charge is 0.251 e. The minimum Gasteiger partial charge on any atom is -0.348 e. The molecule has 0 radical (unpaired) electrons. The molecule has 2 aromatic rings. The van der Waals surface area contributed by atoms with E-state index >= 15 is 0 Å². The van der Waals surface area contributed by atoms with Gasteiger partial charge in [0.15, 0.2) is 0 Å². The molecule has 0 unspecified atom stereocenters. The molecule has 0 aliphatic carbocycles. The van der Waals surface area contributed by atoms with E-state index in [0.29, 0.717) is 18.0 Å². The summed E-state index contributed by atoms with van der Waals surface area (Å²) in [6.45, 7) is 12.2. The van der Waals surface area contributed by atoms with Gasteiger partial charge in [-0.3, -0.25) is 14.5 Å². The molecule has 5 nitrogen and oxygen atoms in total. The minimum absolute atomic E-state index is 0.0605. The molecular weight excluding hydrogens is 422 g/mol. The number of carbonyl (C=O) groups is 2. The number of nitrogens with one attached hydrogen (secondary N) is 1. The second kappa shape index (κ2) is 12.7. The molecule has 0 spiro atoms. The zero-order valence-electron chi connectivity index (χ0n) is 21.4.